The smallest absolute Gasteiger partial charge is 0.263 e. The zero-order chi connectivity index (χ0) is 14.2. The predicted molar refractivity (Wildman–Crippen MR) is 78.1 cm³/mol. The van der Waals surface area contributed by atoms with Crippen molar-refractivity contribution in [3.05, 3.63) is 54.1 Å². The molecular weight excluding hydrogens is 274 g/mol. The molecule has 0 radical (unpaired) electrons. The lowest BCUT2D eigenvalue weighted by molar-refractivity contribution is 0.601. The Balaban J connectivity index is 2.02. The highest BCUT2D eigenvalue weighted by Gasteiger charge is 2.17. The van der Waals surface area contributed by atoms with E-state index in [4.69, 9.17) is 0 Å². The van der Waals surface area contributed by atoms with E-state index in [0.717, 1.165) is 16.5 Å². The quantitative estimate of drug-likeness (QED) is 0.777. The van der Waals surface area contributed by atoms with Crippen molar-refractivity contribution in [3.8, 4) is 0 Å². The summed E-state index contributed by atoms with van der Waals surface area (Å²) in [4.78, 5) is 0.226. The van der Waals surface area contributed by atoms with Crippen LogP contribution < -0.4 is 4.72 Å². The molecule has 0 unspecified atom stereocenters. The summed E-state index contributed by atoms with van der Waals surface area (Å²) in [6, 6.07) is 14.1. The Labute approximate surface area is 116 Å². The maximum Gasteiger partial charge on any atom is 0.263 e. The van der Waals surface area contributed by atoms with Crippen molar-refractivity contribution in [2.75, 3.05) is 4.72 Å². The SMILES string of the molecule is Cc1cccc(S(=O)(=O)Nc2n[nH]c3ccccc23)c1. The van der Waals surface area contributed by atoms with Gasteiger partial charge in [-0.05, 0) is 36.8 Å². The van der Waals surface area contributed by atoms with Gasteiger partial charge in [0.15, 0.2) is 5.82 Å². The van der Waals surface area contributed by atoms with E-state index >= 15 is 0 Å². The van der Waals surface area contributed by atoms with E-state index < -0.39 is 10.0 Å². The first kappa shape index (κ1) is 12.7. The van der Waals surface area contributed by atoms with Crippen molar-refractivity contribution in [3.63, 3.8) is 0 Å². The summed E-state index contributed by atoms with van der Waals surface area (Å²) >= 11 is 0. The Bertz CT molecular complexity index is 869. The number of aromatic amines is 1. The largest absolute Gasteiger partial charge is 0.276 e. The van der Waals surface area contributed by atoms with Crippen molar-refractivity contribution >= 4 is 26.7 Å². The van der Waals surface area contributed by atoms with Gasteiger partial charge in [0.25, 0.3) is 10.0 Å². The number of sulfonamides is 1. The average Bonchev–Trinajstić information content (AvgIpc) is 2.82. The summed E-state index contributed by atoms with van der Waals surface area (Å²) in [6.07, 6.45) is 0. The summed E-state index contributed by atoms with van der Waals surface area (Å²) in [5, 5.41) is 7.55. The highest BCUT2D eigenvalue weighted by Crippen LogP contribution is 2.22. The Kier molecular flexibility index (Phi) is 2.94. The van der Waals surface area contributed by atoms with Crippen molar-refractivity contribution in [2.24, 2.45) is 0 Å². The van der Waals surface area contributed by atoms with Gasteiger partial charge in [0.05, 0.1) is 10.4 Å². The molecular formula is C14H13N3O2S. The van der Waals surface area contributed by atoms with E-state index in [-0.39, 0.29) is 4.90 Å². The van der Waals surface area contributed by atoms with Crippen molar-refractivity contribution in [2.45, 2.75) is 11.8 Å². The minimum absolute atomic E-state index is 0.226. The van der Waals surface area contributed by atoms with Crippen LogP contribution in [0.15, 0.2) is 53.4 Å². The molecule has 5 nitrogen and oxygen atoms in total. The Morgan fingerprint density at radius 1 is 1.10 bits per heavy atom. The molecule has 0 atom stereocenters. The number of aryl methyl sites for hydroxylation is 1. The minimum atomic E-state index is -3.63. The first-order valence-electron chi connectivity index (χ1n) is 6.09. The molecule has 3 aromatic rings. The van der Waals surface area contributed by atoms with Crippen LogP contribution in [0.25, 0.3) is 10.9 Å². The Hall–Kier alpha value is -2.34. The molecule has 0 aliphatic carbocycles. The van der Waals surface area contributed by atoms with Crippen LogP contribution in [0.4, 0.5) is 5.82 Å². The lowest BCUT2D eigenvalue weighted by atomic mass is 10.2. The molecule has 0 aliphatic rings. The van der Waals surface area contributed by atoms with Gasteiger partial charge in [-0.25, -0.2) is 8.42 Å². The summed E-state index contributed by atoms with van der Waals surface area (Å²) in [5.74, 6) is 0.308. The van der Waals surface area contributed by atoms with Crippen LogP contribution >= 0.6 is 0 Å². The van der Waals surface area contributed by atoms with Gasteiger partial charge in [-0.3, -0.25) is 9.82 Å². The molecule has 0 aliphatic heterocycles. The maximum absolute atomic E-state index is 12.3. The normalized spacial score (nSPS) is 11.7. The molecule has 0 bridgehead atoms. The summed E-state index contributed by atoms with van der Waals surface area (Å²) in [5.41, 5.74) is 1.68. The number of fused-ring (bicyclic) bond motifs is 1. The third-order valence-electron chi connectivity index (χ3n) is 3.00. The van der Waals surface area contributed by atoms with E-state index in [1.54, 1.807) is 18.2 Å². The third kappa shape index (κ3) is 2.25. The van der Waals surface area contributed by atoms with Gasteiger partial charge in [-0.2, -0.15) is 5.10 Å². The summed E-state index contributed by atoms with van der Waals surface area (Å²) < 4.78 is 27.2. The van der Waals surface area contributed by atoms with Gasteiger partial charge in [-0.1, -0.05) is 24.3 Å². The molecule has 2 N–H and O–H groups in total. The molecule has 2 aromatic carbocycles. The molecule has 1 heterocycles. The summed E-state index contributed by atoms with van der Waals surface area (Å²) in [7, 11) is -3.63. The second-order valence-corrected chi connectivity index (χ2v) is 6.22. The number of anilines is 1. The van der Waals surface area contributed by atoms with Crippen molar-refractivity contribution in [1.29, 1.82) is 0 Å². The first-order chi connectivity index (χ1) is 9.56. The molecule has 0 spiro atoms. The van der Waals surface area contributed by atoms with E-state index in [0.29, 0.717) is 5.82 Å². The van der Waals surface area contributed by atoms with Gasteiger partial charge in [0.1, 0.15) is 0 Å². The zero-order valence-electron chi connectivity index (χ0n) is 10.8. The Morgan fingerprint density at radius 2 is 1.90 bits per heavy atom. The fraction of sp³-hybridized carbons (Fsp3) is 0.0714. The van der Waals surface area contributed by atoms with E-state index in [1.807, 2.05) is 37.3 Å². The number of benzene rings is 2. The van der Waals surface area contributed by atoms with Gasteiger partial charge in [0.2, 0.25) is 0 Å². The molecule has 0 saturated carbocycles. The number of aromatic nitrogens is 2. The zero-order valence-corrected chi connectivity index (χ0v) is 11.6. The fourth-order valence-electron chi connectivity index (χ4n) is 2.01. The standard InChI is InChI=1S/C14H13N3O2S/c1-10-5-4-6-11(9-10)20(18,19)17-14-12-7-2-3-8-13(12)15-16-14/h2-9H,1H3,(H2,15,16,17). The number of para-hydroxylation sites is 1. The molecule has 102 valence electrons. The number of H-pyrrole nitrogens is 1. The van der Waals surface area contributed by atoms with Crippen LogP contribution in [0.3, 0.4) is 0 Å². The van der Waals surface area contributed by atoms with Crippen LogP contribution in [0.5, 0.6) is 0 Å². The summed E-state index contributed by atoms with van der Waals surface area (Å²) in [6.45, 7) is 1.85. The molecule has 0 saturated heterocycles. The lowest BCUT2D eigenvalue weighted by Crippen LogP contribution is -2.13. The van der Waals surface area contributed by atoms with E-state index in [9.17, 15) is 8.42 Å². The average molecular weight is 287 g/mol. The van der Waals surface area contributed by atoms with Gasteiger partial charge in [-0.15, -0.1) is 0 Å². The minimum Gasteiger partial charge on any atom is -0.276 e. The van der Waals surface area contributed by atoms with Crippen molar-refractivity contribution in [1.82, 2.24) is 10.2 Å². The lowest BCUT2D eigenvalue weighted by Gasteiger charge is -2.06. The third-order valence-corrected chi connectivity index (χ3v) is 4.34. The Morgan fingerprint density at radius 3 is 2.70 bits per heavy atom. The predicted octanol–water partition coefficient (Wildman–Crippen LogP) is 2.67. The number of nitrogens with zero attached hydrogens (tertiary/aromatic N) is 1. The molecule has 0 fully saturated rings. The molecule has 20 heavy (non-hydrogen) atoms. The number of rotatable bonds is 3. The van der Waals surface area contributed by atoms with E-state index in [2.05, 4.69) is 14.9 Å². The van der Waals surface area contributed by atoms with Crippen molar-refractivity contribution < 1.29 is 8.42 Å². The fourth-order valence-corrected chi connectivity index (χ4v) is 3.14. The van der Waals surface area contributed by atoms with Crippen LogP contribution in [0, 0.1) is 6.92 Å². The van der Waals surface area contributed by atoms with Crippen LogP contribution in [0.2, 0.25) is 0 Å². The topological polar surface area (TPSA) is 74.8 Å². The molecule has 6 heteroatoms. The first-order valence-corrected chi connectivity index (χ1v) is 7.57. The monoisotopic (exact) mass is 287 g/mol. The number of nitrogens with one attached hydrogen (secondary N) is 2. The highest BCUT2D eigenvalue weighted by molar-refractivity contribution is 7.92. The van der Waals surface area contributed by atoms with E-state index in [1.165, 1.54) is 0 Å². The van der Waals surface area contributed by atoms with Crippen LogP contribution in [-0.4, -0.2) is 18.6 Å². The number of hydrogen-bond donors (Lipinski definition) is 2. The molecule has 3 rings (SSSR count). The van der Waals surface area contributed by atoms with Crippen LogP contribution in [-0.2, 0) is 10.0 Å². The van der Waals surface area contributed by atoms with Crippen LogP contribution in [0.1, 0.15) is 5.56 Å². The second-order valence-electron chi connectivity index (χ2n) is 4.54. The number of hydrogen-bond acceptors (Lipinski definition) is 3. The highest BCUT2D eigenvalue weighted by atomic mass is 32.2. The van der Waals surface area contributed by atoms with Gasteiger partial charge in [0, 0.05) is 5.39 Å². The van der Waals surface area contributed by atoms with Gasteiger partial charge >= 0.3 is 0 Å². The second kappa shape index (κ2) is 4.64. The molecule has 1 aromatic heterocycles. The van der Waals surface area contributed by atoms with Gasteiger partial charge < -0.3 is 0 Å². The molecule has 0 amide bonds. The maximum atomic E-state index is 12.3.